The zero-order valence-corrected chi connectivity index (χ0v) is 17.6. The lowest BCUT2D eigenvalue weighted by molar-refractivity contribution is 0.0527. The number of nitrogens with one attached hydrogen (secondary N) is 1. The molecule has 3 heterocycles. The van der Waals surface area contributed by atoms with E-state index in [0.717, 1.165) is 51.2 Å². The van der Waals surface area contributed by atoms with Crippen molar-refractivity contribution < 1.29 is 14.3 Å². The van der Waals surface area contributed by atoms with Gasteiger partial charge in [0.05, 0.1) is 17.9 Å². The summed E-state index contributed by atoms with van der Waals surface area (Å²) in [6.45, 7) is 5.95. The molecule has 0 atom stereocenters. The van der Waals surface area contributed by atoms with Gasteiger partial charge in [0.25, 0.3) is 5.91 Å². The first kappa shape index (κ1) is 18.9. The Kier molecular flexibility index (Phi) is 4.84. The number of hydrogen-bond donors (Lipinski definition) is 2. The molecule has 4 rings (SSSR count). The molecule has 1 aliphatic carbocycles. The third-order valence-corrected chi connectivity index (χ3v) is 7.16. The van der Waals surface area contributed by atoms with Crippen LogP contribution in [0.5, 0.6) is 0 Å². The highest BCUT2D eigenvalue weighted by atomic mass is 32.1. The van der Waals surface area contributed by atoms with E-state index in [1.165, 1.54) is 22.7 Å². The molecule has 6 nitrogen and oxygen atoms in total. The number of aryl methyl sites for hydroxylation is 3. The molecule has 3 aromatic rings. The lowest BCUT2D eigenvalue weighted by Crippen LogP contribution is -2.15. The summed E-state index contributed by atoms with van der Waals surface area (Å²) in [6, 6.07) is 1.95. The van der Waals surface area contributed by atoms with E-state index in [1.54, 1.807) is 6.92 Å². The molecule has 1 aliphatic rings. The number of fused-ring (bicyclic) bond motifs is 2. The maximum Gasteiger partial charge on any atom is 0.341 e. The molecule has 28 heavy (non-hydrogen) atoms. The Morgan fingerprint density at radius 1 is 1.29 bits per heavy atom. The predicted molar refractivity (Wildman–Crippen MR) is 114 cm³/mol. The maximum absolute atomic E-state index is 13.0. The van der Waals surface area contributed by atoms with Gasteiger partial charge in [-0.05, 0) is 57.2 Å². The molecule has 1 amide bonds. The summed E-state index contributed by atoms with van der Waals surface area (Å²) in [5.41, 5.74) is 10.1. The smallest absolute Gasteiger partial charge is 0.341 e. The lowest BCUT2D eigenvalue weighted by atomic mass is 10.1. The monoisotopic (exact) mass is 415 g/mol. The van der Waals surface area contributed by atoms with Crippen LogP contribution in [0.4, 0.5) is 10.7 Å². The molecule has 3 aromatic heterocycles. The van der Waals surface area contributed by atoms with Crippen LogP contribution in [0.15, 0.2) is 6.07 Å². The third kappa shape index (κ3) is 3.06. The highest BCUT2D eigenvalue weighted by Gasteiger charge is 2.29. The number of nitrogen functional groups attached to an aromatic ring is 1. The van der Waals surface area contributed by atoms with E-state index >= 15 is 0 Å². The zero-order chi connectivity index (χ0) is 20.0. The molecule has 0 fully saturated rings. The first-order valence-electron chi connectivity index (χ1n) is 9.19. The molecule has 0 bridgehead atoms. The van der Waals surface area contributed by atoms with Crippen LogP contribution in [0.1, 0.15) is 55.1 Å². The summed E-state index contributed by atoms with van der Waals surface area (Å²) in [5.74, 6) is -0.697. The van der Waals surface area contributed by atoms with E-state index in [-0.39, 0.29) is 11.9 Å². The fraction of sp³-hybridized carbons (Fsp3) is 0.350. The van der Waals surface area contributed by atoms with Gasteiger partial charge in [0, 0.05) is 16.0 Å². The lowest BCUT2D eigenvalue weighted by Gasteiger charge is -2.07. The third-order valence-electron chi connectivity index (χ3n) is 4.86. The number of carbonyl (C=O) groups is 2. The Labute approximate surface area is 170 Å². The van der Waals surface area contributed by atoms with Crippen molar-refractivity contribution in [3.05, 3.63) is 38.2 Å². The standard InChI is InChI=1S/C20H21N3O3S2/c1-4-26-20(25)14-11-6-5-7-12(11)27-19(14)23-17(24)16-15(21)13-9(2)8-10(3)22-18(13)28-16/h8H,4-7,21H2,1-3H3,(H,23,24). The van der Waals surface area contributed by atoms with Crippen LogP contribution in [0.2, 0.25) is 0 Å². The Hall–Kier alpha value is -2.45. The molecule has 0 aromatic carbocycles. The average molecular weight is 416 g/mol. The van der Waals surface area contributed by atoms with Crippen LogP contribution in [-0.2, 0) is 17.6 Å². The molecule has 146 valence electrons. The van der Waals surface area contributed by atoms with Crippen molar-refractivity contribution in [1.82, 2.24) is 4.98 Å². The average Bonchev–Trinajstić information content (AvgIpc) is 3.27. The van der Waals surface area contributed by atoms with Gasteiger partial charge in [-0.15, -0.1) is 22.7 Å². The normalized spacial score (nSPS) is 13.0. The van der Waals surface area contributed by atoms with E-state index in [1.807, 2.05) is 19.9 Å². The van der Waals surface area contributed by atoms with Gasteiger partial charge < -0.3 is 15.8 Å². The quantitative estimate of drug-likeness (QED) is 0.613. The van der Waals surface area contributed by atoms with Crippen molar-refractivity contribution >= 4 is 55.5 Å². The van der Waals surface area contributed by atoms with Gasteiger partial charge in [0.2, 0.25) is 0 Å². The van der Waals surface area contributed by atoms with Crippen LogP contribution in [0.25, 0.3) is 10.2 Å². The summed E-state index contributed by atoms with van der Waals surface area (Å²) in [4.78, 5) is 32.3. The van der Waals surface area contributed by atoms with Crippen LogP contribution in [-0.4, -0.2) is 23.5 Å². The van der Waals surface area contributed by atoms with Gasteiger partial charge in [-0.25, -0.2) is 9.78 Å². The number of esters is 1. The molecular weight excluding hydrogens is 394 g/mol. The summed E-state index contributed by atoms with van der Waals surface area (Å²) in [6.07, 6.45) is 2.79. The Bertz CT molecular complexity index is 1110. The van der Waals surface area contributed by atoms with Crippen molar-refractivity contribution in [2.24, 2.45) is 0 Å². The van der Waals surface area contributed by atoms with Gasteiger partial charge in [-0.3, -0.25) is 4.79 Å². The number of ether oxygens (including phenoxy) is 1. The number of aromatic nitrogens is 1. The Balaban J connectivity index is 1.72. The highest BCUT2D eigenvalue weighted by Crippen LogP contribution is 2.41. The molecule has 0 spiro atoms. The van der Waals surface area contributed by atoms with Crippen LogP contribution >= 0.6 is 22.7 Å². The zero-order valence-electron chi connectivity index (χ0n) is 16.0. The molecule has 0 unspecified atom stereocenters. The minimum absolute atomic E-state index is 0.296. The van der Waals surface area contributed by atoms with Crippen molar-refractivity contribution in [2.75, 3.05) is 17.7 Å². The van der Waals surface area contributed by atoms with Gasteiger partial charge >= 0.3 is 5.97 Å². The number of pyridine rings is 1. The molecule has 0 saturated carbocycles. The Morgan fingerprint density at radius 3 is 2.82 bits per heavy atom. The van der Waals surface area contributed by atoms with E-state index in [0.29, 0.717) is 27.7 Å². The summed E-state index contributed by atoms with van der Waals surface area (Å²) in [5, 5.41) is 4.28. The number of hydrogen-bond acceptors (Lipinski definition) is 7. The minimum atomic E-state index is -0.380. The molecule has 8 heteroatoms. The predicted octanol–water partition coefficient (Wildman–Crippen LogP) is 4.47. The van der Waals surface area contributed by atoms with Gasteiger partial charge in [0.15, 0.2) is 0 Å². The number of amides is 1. The second kappa shape index (κ2) is 7.18. The van der Waals surface area contributed by atoms with Gasteiger partial charge in [0.1, 0.15) is 14.7 Å². The first-order chi connectivity index (χ1) is 13.4. The van der Waals surface area contributed by atoms with E-state index in [9.17, 15) is 9.59 Å². The number of carbonyl (C=O) groups excluding carboxylic acids is 2. The SMILES string of the molecule is CCOC(=O)c1c(NC(=O)c2sc3nc(C)cc(C)c3c2N)sc2c1CCC2. The fourth-order valence-corrected chi connectivity index (χ4v) is 6.09. The molecule has 0 aliphatic heterocycles. The van der Waals surface area contributed by atoms with E-state index in [2.05, 4.69) is 10.3 Å². The topological polar surface area (TPSA) is 94.3 Å². The second-order valence-corrected chi connectivity index (χ2v) is 8.95. The first-order valence-corrected chi connectivity index (χ1v) is 10.8. The summed E-state index contributed by atoms with van der Waals surface area (Å²) in [7, 11) is 0. The van der Waals surface area contributed by atoms with Gasteiger partial charge in [-0.2, -0.15) is 0 Å². The van der Waals surface area contributed by atoms with Crippen LogP contribution in [0, 0.1) is 13.8 Å². The Morgan fingerprint density at radius 2 is 2.07 bits per heavy atom. The van der Waals surface area contributed by atoms with Crippen molar-refractivity contribution in [3.8, 4) is 0 Å². The number of anilines is 2. The number of thiophene rings is 2. The number of nitrogens with zero attached hydrogens (tertiary/aromatic N) is 1. The van der Waals surface area contributed by atoms with Crippen molar-refractivity contribution in [2.45, 2.75) is 40.0 Å². The second-order valence-electron chi connectivity index (χ2n) is 6.84. The van der Waals surface area contributed by atoms with Crippen molar-refractivity contribution in [3.63, 3.8) is 0 Å². The van der Waals surface area contributed by atoms with Crippen molar-refractivity contribution in [1.29, 1.82) is 0 Å². The fourth-order valence-electron chi connectivity index (χ4n) is 3.71. The van der Waals surface area contributed by atoms with Crippen LogP contribution < -0.4 is 11.1 Å². The molecule has 0 radical (unpaired) electrons. The molecular formula is C20H21N3O3S2. The summed E-state index contributed by atoms with van der Waals surface area (Å²) < 4.78 is 5.22. The number of nitrogens with two attached hydrogens (primary N) is 1. The highest BCUT2D eigenvalue weighted by molar-refractivity contribution is 7.21. The van der Waals surface area contributed by atoms with Gasteiger partial charge in [-0.1, -0.05) is 0 Å². The van der Waals surface area contributed by atoms with E-state index < -0.39 is 0 Å². The number of rotatable bonds is 4. The van der Waals surface area contributed by atoms with Crippen LogP contribution in [0.3, 0.4) is 0 Å². The largest absolute Gasteiger partial charge is 0.462 e. The van der Waals surface area contributed by atoms with E-state index in [4.69, 9.17) is 10.5 Å². The minimum Gasteiger partial charge on any atom is -0.462 e. The maximum atomic E-state index is 13.0. The summed E-state index contributed by atoms with van der Waals surface area (Å²) >= 11 is 2.73. The molecule has 0 saturated heterocycles. The molecule has 3 N–H and O–H groups in total.